The van der Waals surface area contributed by atoms with Gasteiger partial charge < -0.3 is 9.64 Å². The third-order valence-corrected chi connectivity index (χ3v) is 1.96. The largest absolute Gasteiger partial charge is 0.444 e. The van der Waals surface area contributed by atoms with Gasteiger partial charge >= 0.3 is 6.09 Å². The van der Waals surface area contributed by atoms with Crippen molar-refractivity contribution in [2.45, 2.75) is 33.3 Å². The lowest BCUT2D eigenvalue weighted by molar-refractivity contribution is 0.0284. The minimum atomic E-state index is -0.452. The Kier molecular flexibility index (Phi) is 5.85. The summed E-state index contributed by atoms with van der Waals surface area (Å²) in [6.45, 7) is 13.0. The molecule has 94 valence electrons. The van der Waals surface area contributed by atoms with Crippen LogP contribution in [0.3, 0.4) is 0 Å². The minimum Gasteiger partial charge on any atom is -0.444 e. The number of likely N-dealkylation sites (N-methyl/N-ethyl adjacent to an activating group) is 2. The second-order valence-corrected chi connectivity index (χ2v) is 4.59. The van der Waals surface area contributed by atoms with E-state index in [0.29, 0.717) is 13.1 Å². The molecule has 0 radical (unpaired) electrons. The summed E-state index contributed by atoms with van der Waals surface area (Å²) in [5, 5.41) is 5.61. The monoisotopic (exact) mass is 229 g/mol. The zero-order valence-electron chi connectivity index (χ0n) is 11.0. The van der Waals surface area contributed by atoms with E-state index in [1.165, 1.54) is 0 Å². The van der Waals surface area contributed by atoms with Gasteiger partial charge in [0, 0.05) is 26.9 Å². The van der Waals surface area contributed by atoms with Crippen LogP contribution in [0.4, 0.5) is 4.79 Å². The molecule has 16 heavy (non-hydrogen) atoms. The third-order valence-electron chi connectivity index (χ3n) is 1.96. The van der Waals surface area contributed by atoms with Crippen molar-refractivity contribution < 1.29 is 9.53 Å². The van der Waals surface area contributed by atoms with Gasteiger partial charge in [0.25, 0.3) is 0 Å². The number of carbonyl (C=O) groups excluding carboxylic acids is 1. The standard InChI is InChI=1S/C11H23N3O2/c1-7-14(12-5)9-8-13(6)10(15)16-11(2,3)4/h5,7-9H2,1-4,6H3. The molecule has 0 aliphatic rings. The van der Waals surface area contributed by atoms with E-state index >= 15 is 0 Å². The summed E-state index contributed by atoms with van der Waals surface area (Å²) in [7, 11) is 1.71. The van der Waals surface area contributed by atoms with Crippen molar-refractivity contribution in [1.82, 2.24) is 9.91 Å². The van der Waals surface area contributed by atoms with Crippen molar-refractivity contribution in [3.63, 3.8) is 0 Å². The molecule has 0 aromatic rings. The van der Waals surface area contributed by atoms with Crippen LogP contribution in [0.5, 0.6) is 0 Å². The molecular weight excluding hydrogens is 206 g/mol. The van der Waals surface area contributed by atoms with Gasteiger partial charge in [0.15, 0.2) is 0 Å². The molecule has 0 N–H and O–H groups in total. The van der Waals surface area contributed by atoms with Gasteiger partial charge in [-0.3, -0.25) is 5.01 Å². The first-order chi connectivity index (χ1) is 7.30. The Morgan fingerprint density at radius 3 is 2.31 bits per heavy atom. The first-order valence-corrected chi connectivity index (χ1v) is 5.46. The first-order valence-electron chi connectivity index (χ1n) is 5.46. The second-order valence-electron chi connectivity index (χ2n) is 4.59. The van der Waals surface area contributed by atoms with Gasteiger partial charge in [0.2, 0.25) is 0 Å². The van der Waals surface area contributed by atoms with E-state index in [-0.39, 0.29) is 6.09 Å². The maximum Gasteiger partial charge on any atom is 0.410 e. The van der Waals surface area contributed by atoms with E-state index in [1.54, 1.807) is 17.0 Å². The highest BCUT2D eigenvalue weighted by molar-refractivity contribution is 5.67. The smallest absolute Gasteiger partial charge is 0.410 e. The van der Waals surface area contributed by atoms with Crippen molar-refractivity contribution in [2.75, 3.05) is 26.7 Å². The predicted octanol–water partition coefficient (Wildman–Crippen LogP) is 1.79. The lowest BCUT2D eigenvalue weighted by Gasteiger charge is -2.26. The second kappa shape index (κ2) is 6.35. The Balaban J connectivity index is 4.01. The molecule has 0 aliphatic carbocycles. The van der Waals surface area contributed by atoms with Gasteiger partial charge in [-0.1, -0.05) is 0 Å². The third kappa shape index (κ3) is 6.27. The van der Waals surface area contributed by atoms with Crippen LogP contribution in [-0.2, 0) is 4.74 Å². The van der Waals surface area contributed by atoms with Crippen LogP contribution in [0, 0.1) is 0 Å². The molecular formula is C11H23N3O2. The molecule has 0 bridgehead atoms. The average molecular weight is 229 g/mol. The van der Waals surface area contributed by atoms with E-state index < -0.39 is 5.60 Å². The molecule has 5 nitrogen and oxygen atoms in total. The summed E-state index contributed by atoms with van der Waals surface area (Å²) in [5.74, 6) is 0. The Bertz CT molecular complexity index is 236. The highest BCUT2D eigenvalue weighted by Crippen LogP contribution is 2.08. The molecule has 1 amide bonds. The molecule has 0 aromatic carbocycles. The zero-order valence-corrected chi connectivity index (χ0v) is 11.0. The fourth-order valence-corrected chi connectivity index (χ4v) is 1.03. The number of hydrogen-bond acceptors (Lipinski definition) is 4. The predicted molar refractivity (Wildman–Crippen MR) is 65.7 cm³/mol. The van der Waals surface area contributed by atoms with Gasteiger partial charge in [-0.25, -0.2) is 4.79 Å². The van der Waals surface area contributed by atoms with Gasteiger partial charge in [-0.05, 0) is 27.7 Å². The number of carbonyl (C=O) groups is 1. The Labute approximate surface area is 98.0 Å². The van der Waals surface area contributed by atoms with Crippen molar-refractivity contribution >= 4 is 12.8 Å². The Hall–Kier alpha value is -1.26. The number of ether oxygens (including phenoxy) is 1. The molecule has 5 heteroatoms. The van der Waals surface area contributed by atoms with Gasteiger partial charge in [-0.15, -0.1) is 0 Å². The maximum absolute atomic E-state index is 11.6. The van der Waals surface area contributed by atoms with Crippen LogP contribution in [0.25, 0.3) is 0 Å². The molecule has 0 aliphatic heterocycles. The molecule has 0 heterocycles. The van der Waals surface area contributed by atoms with Crippen LogP contribution in [0.1, 0.15) is 27.7 Å². The van der Waals surface area contributed by atoms with Crippen LogP contribution < -0.4 is 0 Å². The van der Waals surface area contributed by atoms with Crippen molar-refractivity contribution in [2.24, 2.45) is 5.10 Å². The SMILES string of the molecule is C=NN(CC)CCN(C)C(=O)OC(C)(C)C. The average Bonchev–Trinajstić information content (AvgIpc) is 2.16. The molecule has 0 aromatic heterocycles. The normalized spacial score (nSPS) is 10.8. The summed E-state index contributed by atoms with van der Waals surface area (Å²) in [5.41, 5.74) is -0.452. The summed E-state index contributed by atoms with van der Waals surface area (Å²) in [6.07, 6.45) is -0.312. The molecule has 0 spiro atoms. The number of hydrazone groups is 1. The minimum absolute atomic E-state index is 0.312. The van der Waals surface area contributed by atoms with Crippen LogP contribution in [-0.4, -0.2) is 55.0 Å². The number of nitrogens with zero attached hydrogens (tertiary/aromatic N) is 3. The summed E-state index contributed by atoms with van der Waals surface area (Å²) < 4.78 is 5.22. The Morgan fingerprint density at radius 2 is 1.94 bits per heavy atom. The summed E-state index contributed by atoms with van der Waals surface area (Å²) in [6, 6.07) is 0. The highest BCUT2D eigenvalue weighted by Gasteiger charge is 2.19. The van der Waals surface area contributed by atoms with E-state index in [9.17, 15) is 4.79 Å². The number of hydrogen-bond donors (Lipinski definition) is 0. The van der Waals surface area contributed by atoms with Crippen molar-refractivity contribution in [3.05, 3.63) is 0 Å². The lowest BCUT2D eigenvalue weighted by atomic mass is 10.2. The van der Waals surface area contributed by atoms with Gasteiger partial charge in [0.1, 0.15) is 5.60 Å². The van der Waals surface area contributed by atoms with E-state index in [4.69, 9.17) is 4.74 Å². The fraction of sp³-hybridized carbons (Fsp3) is 0.818. The summed E-state index contributed by atoms with van der Waals surface area (Å²) in [4.78, 5) is 13.1. The number of amides is 1. The molecule has 0 atom stereocenters. The Morgan fingerprint density at radius 1 is 1.38 bits per heavy atom. The zero-order chi connectivity index (χ0) is 12.8. The van der Waals surface area contributed by atoms with E-state index in [1.807, 2.05) is 27.7 Å². The molecule has 0 saturated carbocycles. The van der Waals surface area contributed by atoms with Crippen LogP contribution in [0.2, 0.25) is 0 Å². The first kappa shape index (κ1) is 14.7. The van der Waals surface area contributed by atoms with E-state index in [0.717, 1.165) is 6.54 Å². The van der Waals surface area contributed by atoms with Crippen molar-refractivity contribution in [1.29, 1.82) is 0 Å². The van der Waals surface area contributed by atoms with Crippen molar-refractivity contribution in [3.8, 4) is 0 Å². The highest BCUT2D eigenvalue weighted by atomic mass is 16.6. The molecule has 0 fully saturated rings. The quantitative estimate of drug-likeness (QED) is 0.533. The van der Waals surface area contributed by atoms with Crippen LogP contribution in [0.15, 0.2) is 5.10 Å². The maximum atomic E-state index is 11.6. The van der Waals surface area contributed by atoms with Gasteiger partial charge in [0.05, 0.1) is 6.54 Å². The fourth-order valence-electron chi connectivity index (χ4n) is 1.03. The molecule has 0 unspecified atom stereocenters. The number of rotatable bonds is 5. The lowest BCUT2D eigenvalue weighted by Crippen LogP contribution is -2.38. The summed E-state index contributed by atoms with van der Waals surface area (Å²) >= 11 is 0. The van der Waals surface area contributed by atoms with Crippen LogP contribution >= 0.6 is 0 Å². The van der Waals surface area contributed by atoms with E-state index in [2.05, 4.69) is 11.8 Å². The topological polar surface area (TPSA) is 45.1 Å². The van der Waals surface area contributed by atoms with Gasteiger partial charge in [-0.2, -0.15) is 5.10 Å². The molecule has 0 rings (SSSR count). The molecule has 0 saturated heterocycles.